The van der Waals surface area contributed by atoms with Gasteiger partial charge in [-0.2, -0.15) is 0 Å². The maximum atomic E-state index is 3.99. The Morgan fingerprint density at radius 1 is 1.08 bits per heavy atom. The summed E-state index contributed by atoms with van der Waals surface area (Å²) in [6.07, 6.45) is 1.76. The Labute approximate surface area is 76.0 Å². The molecular weight excluding hydrogens is 148 g/mol. The summed E-state index contributed by atoms with van der Waals surface area (Å²) in [6.45, 7) is 8.00. The van der Waals surface area contributed by atoms with Crippen molar-refractivity contribution >= 4 is 5.82 Å². The molecule has 2 heteroatoms. The molecule has 1 aromatic heterocycles. The van der Waals surface area contributed by atoms with Crippen LogP contribution in [0.4, 0.5) is 5.82 Å². The molecule has 0 aliphatic heterocycles. The Morgan fingerprint density at radius 2 is 1.67 bits per heavy atom. The molecule has 0 saturated heterocycles. The van der Waals surface area contributed by atoms with E-state index in [9.17, 15) is 0 Å². The van der Waals surface area contributed by atoms with Crippen LogP contribution in [0.25, 0.3) is 0 Å². The zero-order valence-electron chi connectivity index (χ0n) is 8.76. The first kappa shape index (κ1) is 13.5. The molecule has 1 heterocycles. The number of rotatable bonds is 1. The lowest BCUT2D eigenvalue weighted by Gasteiger charge is -1.92. The second-order valence-corrected chi connectivity index (χ2v) is 1.46. The number of hydrogen-bond acceptors (Lipinski definition) is 2. The van der Waals surface area contributed by atoms with E-state index in [1.54, 1.807) is 6.20 Å². The summed E-state index contributed by atoms with van der Waals surface area (Å²) in [6, 6.07) is 5.75. The molecule has 0 aromatic carbocycles. The Morgan fingerprint density at radius 3 is 1.92 bits per heavy atom. The molecule has 1 aromatic rings. The van der Waals surface area contributed by atoms with E-state index in [0.29, 0.717) is 0 Å². The molecule has 1 rings (SSSR count). The van der Waals surface area contributed by atoms with Gasteiger partial charge in [-0.05, 0) is 12.1 Å². The van der Waals surface area contributed by atoms with Gasteiger partial charge in [-0.3, -0.25) is 0 Å². The van der Waals surface area contributed by atoms with Crippen LogP contribution in [0.1, 0.15) is 27.7 Å². The molecule has 0 aliphatic carbocycles. The minimum absolute atomic E-state index is 0.910. The van der Waals surface area contributed by atoms with Crippen LogP contribution >= 0.6 is 0 Å². The van der Waals surface area contributed by atoms with Crippen LogP contribution in [0, 0.1) is 0 Å². The fourth-order valence-corrected chi connectivity index (χ4v) is 0.511. The van der Waals surface area contributed by atoms with Crippen molar-refractivity contribution < 1.29 is 0 Å². The topological polar surface area (TPSA) is 24.9 Å². The van der Waals surface area contributed by atoms with Gasteiger partial charge in [0, 0.05) is 13.2 Å². The molecule has 70 valence electrons. The number of nitrogens with zero attached hydrogens (tertiary/aromatic N) is 1. The van der Waals surface area contributed by atoms with Crippen LogP contribution in [-0.2, 0) is 0 Å². The lowest BCUT2D eigenvalue weighted by molar-refractivity contribution is 1.29. The van der Waals surface area contributed by atoms with Gasteiger partial charge in [0.15, 0.2) is 0 Å². The van der Waals surface area contributed by atoms with Gasteiger partial charge in [-0.15, -0.1) is 0 Å². The molecule has 0 radical (unpaired) electrons. The van der Waals surface area contributed by atoms with Crippen molar-refractivity contribution in [3.05, 3.63) is 24.4 Å². The van der Waals surface area contributed by atoms with E-state index in [-0.39, 0.29) is 0 Å². The van der Waals surface area contributed by atoms with Crippen molar-refractivity contribution in [3.63, 3.8) is 0 Å². The van der Waals surface area contributed by atoms with Crippen LogP contribution in [0.2, 0.25) is 0 Å². The van der Waals surface area contributed by atoms with Gasteiger partial charge in [0.25, 0.3) is 0 Å². The number of nitrogens with one attached hydrogen (secondary N) is 1. The van der Waals surface area contributed by atoms with E-state index in [1.165, 1.54) is 0 Å². The van der Waals surface area contributed by atoms with Crippen LogP contribution in [0.5, 0.6) is 0 Å². The van der Waals surface area contributed by atoms with Gasteiger partial charge in [0.05, 0.1) is 0 Å². The quantitative estimate of drug-likeness (QED) is 0.696. The number of anilines is 1. The molecule has 12 heavy (non-hydrogen) atoms. The van der Waals surface area contributed by atoms with Crippen LogP contribution < -0.4 is 5.32 Å². The number of aromatic nitrogens is 1. The highest BCUT2D eigenvalue weighted by molar-refractivity contribution is 5.31. The number of hydrogen-bond donors (Lipinski definition) is 1. The molecule has 0 bridgehead atoms. The third-order valence-electron chi connectivity index (χ3n) is 0.921. The van der Waals surface area contributed by atoms with Crippen LogP contribution in [-0.4, -0.2) is 12.0 Å². The van der Waals surface area contributed by atoms with E-state index in [4.69, 9.17) is 0 Å². The highest BCUT2D eigenvalue weighted by Crippen LogP contribution is 1.95. The maximum Gasteiger partial charge on any atom is 0.125 e. The van der Waals surface area contributed by atoms with Gasteiger partial charge < -0.3 is 5.32 Å². The fourth-order valence-electron chi connectivity index (χ4n) is 0.511. The van der Waals surface area contributed by atoms with Crippen molar-refractivity contribution in [1.29, 1.82) is 0 Å². The van der Waals surface area contributed by atoms with E-state index in [1.807, 2.05) is 52.9 Å². The van der Waals surface area contributed by atoms with Gasteiger partial charge in [-0.1, -0.05) is 33.8 Å². The largest absolute Gasteiger partial charge is 0.373 e. The fraction of sp³-hybridized carbons (Fsp3) is 0.500. The van der Waals surface area contributed by atoms with Crippen molar-refractivity contribution in [1.82, 2.24) is 4.98 Å². The Bertz CT molecular complexity index is 149. The third kappa shape index (κ3) is 7.06. The predicted molar refractivity (Wildman–Crippen MR) is 56.5 cm³/mol. The third-order valence-corrected chi connectivity index (χ3v) is 0.921. The molecule has 0 saturated carbocycles. The average Bonchev–Trinajstić information content (AvgIpc) is 2.25. The first-order valence-corrected chi connectivity index (χ1v) is 4.52. The Balaban J connectivity index is 0. The monoisotopic (exact) mass is 168 g/mol. The Kier molecular flexibility index (Phi) is 14.2. The molecular formula is C10H20N2. The second-order valence-electron chi connectivity index (χ2n) is 1.46. The van der Waals surface area contributed by atoms with Gasteiger partial charge in [-0.25, -0.2) is 4.98 Å². The van der Waals surface area contributed by atoms with Gasteiger partial charge >= 0.3 is 0 Å². The van der Waals surface area contributed by atoms with Crippen molar-refractivity contribution in [2.24, 2.45) is 0 Å². The number of pyridine rings is 1. The van der Waals surface area contributed by atoms with Gasteiger partial charge in [0.1, 0.15) is 5.82 Å². The molecule has 0 unspecified atom stereocenters. The standard InChI is InChI=1S/C6H8N2.2C2H6/c1-7-6-4-2-3-5-8-6;2*1-2/h2-5H,1H3,(H,7,8);2*1-2H3. The van der Waals surface area contributed by atoms with Crippen LogP contribution in [0.15, 0.2) is 24.4 Å². The highest BCUT2D eigenvalue weighted by atomic mass is 14.9. The lowest BCUT2D eigenvalue weighted by Crippen LogP contribution is -1.88. The average molecular weight is 168 g/mol. The summed E-state index contributed by atoms with van der Waals surface area (Å²) < 4.78 is 0. The summed E-state index contributed by atoms with van der Waals surface area (Å²) in [4.78, 5) is 3.99. The predicted octanol–water partition coefficient (Wildman–Crippen LogP) is 3.18. The molecule has 0 amide bonds. The van der Waals surface area contributed by atoms with Gasteiger partial charge in [0.2, 0.25) is 0 Å². The lowest BCUT2D eigenvalue weighted by atomic mass is 10.5. The van der Waals surface area contributed by atoms with Crippen molar-refractivity contribution in [2.45, 2.75) is 27.7 Å². The summed E-state index contributed by atoms with van der Waals surface area (Å²) in [5, 5.41) is 2.92. The van der Waals surface area contributed by atoms with Crippen molar-refractivity contribution in [2.75, 3.05) is 12.4 Å². The van der Waals surface area contributed by atoms with E-state index in [0.717, 1.165) is 5.82 Å². The van der Waals surface area contributed by atoms with E-state index < -0.39 is 0 Å². The zero-order valence-corrected chi connectivity index (χ0v) is 8.76. The summed E-state index contributed by atoms with van der Waals surface area (Å²) >= 11 is 0. The molecule has 0 fully saturated rings. The van der Waals surface area contributed by atoms with E-state index >= 15 is 0 Å². The molecule has 0 atom stereocenters. The summed E-state index contributed by atoms with van der Waals surface area (Å²) in [7, 11) is 1.85. The highest BCUT2D eigenvalue weighted by Gasteiger charge is 1.79. The first-order chi connectivity index (χ1) is 5.93. The molecule has 0 aliphatic rings. The first-order valence-electron chi connectivity index (χ1n) is 4.52. The normalized spacial score (nSPS) is 6.75. The summed E-state index contributed by atoms with van der Waals surface area (Å²) in [5.74, 6) is 0.910. The van der Waals surface area contributed by atoms with Crippen molar-refractivity contribution in [3.8, 4) is 0 Å². The smallest absolute Gasteiger partial charge is 0.125 e. The Hall–Kier alpha value is -1.05. The van der Waals surface area contributed by atoms with E-state index in [2.05, 4.69) is 10.3 Å². The summed E-state index contributed by atoms with van der Waals surface area (Å²) in [5.41, 5.74) is 0. The van der Waals surface area contributed by atoms with Crippen LogP contribution in [0.3, 0.4) is 0 Å². The molecule has 1 N–H and O–H groups in total. The second kappa shape index (κ2) is 12.6. The molecule has 0 spiro atoms. The maximum absolute atomic E-state index is 3.99. The zero-order chi connectivity index (χ0) is 9.82. The SMILES string of the molecule is CC.CC.CNc1ccccn1. The minimum Gasteiger partial charge on any atom is -0.373 e. The minimum atomic E-state index is 0.910. The molecule has 2 nitrogen and oxygen atoms in total.